The van der Waals surface area contributed by atoms with Gasteiger partial charge >= 0.3 is 14.1 Å². The average Bonchev–Trinajstić information content (AvgIpc) is 2.44. The van der Waals surface area contributed by atoms with Crippen LogP contribution in [0, 0.1) is 0 Å². The molecule has 0 bridgehead atoms. The van der Waals surface area contributed by atoms with Gasteiger partial charge in [-0.05, 0) is 19.3 Å². The summed E-state index contributed by atoms with van der Waals surface area (Å²) in [6, 6.07) is 4.30. The zero-order chi connectivity index (χ0) is 13.6. The van der Waals surface area contributed by atoms with E-state index in [0.29, 0.717) is 4.09 Å². The fourth-order valence-corrected chi connectivity index (χ4v) is 18.4. The van der Waals surface area contributed by atoms with Gasteiger partial charge in [-0.25, -0.2) is 0 Å². The van der Waals surface area contributed by atoms with Crippen LogP contribution in [0.15, 0.2) is 0 Å². The molecular weight excluding hydrogens is 251 g/mol. The summed E-state index contributed by atoms with van der Waals surface area (Å²) < 4.78 is 7.11. The molecule has 106 valence electrons. The van der Waals surface area contributed by atoms with Crippen LogP contribution >= 0.6 is 0 Å². The number of hydrogen-bond acceptors (Lipinski definition) is 1. The van der Waals surface area contributed by atoms with Gasteiger partial charge in [0.25, 0.3) is 0 Å². The molecule has 1 rings (SSSR count). The fraction of sp³-hybridized carbons (Fsp3) is 1.00. The van der Waals surface area contributed by atoms with E-state index in [0.717, 1.165) is 6.61 Å². The average molecular weight is 284 g/mol. The Morgan fingerprint density at radius 1 is 0.944 bits per heavy atom. The van der Waals surface area contributed by atoms with Gasteiger partial charge in [0.15, 0.2) is 0 Å². The van der Waals surface area contributed by atoms with Crippen LogP contribution in [0.25, 0.3) is 0 Å². The molecule has 1 heterocycles. The van der Waals surface area contributed by atoms with E-state index < -0.39 is 22.2 Å². The Morgan fingerprint density at radius 2 is 1.50 bits per heavy atom. The first kappa shape index (κ1) is 16.8. The molecule has 0 amide bonds. The Balaban J connectivity index is 3.16. The molecule has 0 spiro atoms. The smallest absolute Gasteiger partial charge is 0.305 e. The Morgan fingerprint density at radius 3 is 1.83 bits per heavy atom. The highest BCUT2D eigenvalue weighted by molar-refractivity contribution is 6.94. The van der Waals surface area contributed by atoms with Gasteiger partial charge in [-0.3, -0.25) is 0 Å². The van der Waals surface area contributed by atoms with Crippen LogP contribution in [0.4, 0.5) is 0 Å². The molecule has 0 radical (unpaired) electrons. The van der Waals surface area contributed by atoms with E-state index in [1.54, 1.807) is 0 Å². The topological polar surface area (TPSA) is 9.23 Å². The number of ether oxygens (including phenoxy) is 1. The second-order valence-corrected chi connectivity index (χ2v) is 16.1. The van der Waals surface area contributed by atoms with Crippen LogP contribution < -0.4 is 0 Å². The van der Waals surface area contributed by atoms with Crippen molar-refractivity contribution in [2.75, 3.05) is 6.61 Å². The van der Waals surface area contributed by atoms with Crippen LogP contribution in [-0.2, 0) is 4.74 Å². The predicted molar refractivity (Wildman–Crippen MR) is 86.4 cm³/mol. The van der Waals surface area contributed by atoms with E-state index in [9.17, 15) is 0 Å². The van der Waals surface area contributed by atoms with E-state index >= 15 is 0 Å². The van der Waals surface area contributed by atoms with Crippen molar-refractivity contribution in [2.24, 2.45) is 0 Å². The van der Waals surface area contributed by atoms with Gasteiger partial charge < -0.3 is 4.74 Å². The van der Waals surface area contributed by atoms with Gasteiger partial charge in [-0.2, -0.15) is 0 Å². The minimum Gasteiger partial charge on any atom is -0.393 e. The van der Waals surface area contributed by atoms with E-state index in [2.05, 4.69) is 34.6 Å². The van der Waals surface area contributed by atoms with Crippen LogP contribution in [0.5, 0.6) is 0 Å². The van der Waals surface area contributed by atoms with Gasteiger partial charge in [0.05, 0.1) is 8.07 Å². The molecule has 0 saturated carbocycles. The van der Waals surface area contributed by atoms with E-state index in [1.807, 2.05) is 0 Å². The molecule has 1 fully saturated rings. The van der Waals surface area contributed by atoms with Crippen molar-refractivity contribution in [3.05, 3.63) is 0 Å². The maximum Gasteiger partial charge on any atom is 0.305 e. The van der Waals surface area contributed by atoms with Crippen LogP contribution in [0.3, 0.4) is 0 Å². The molecule has 1 nitrogen and oxygen atoms in total. The molecule has 3 heteroatoms. The third-order valence-electron chi connectivity index (χ3n) is 5.88. The highest BCUT2D eigenvalue weighted by Gasteiger charge is 2.56. The SMILES string of the molecule is C[CH2][Al]([CH2]C)[C]1([Si](CC)(CC)CC)CCCCO1. The molecule has 0 aromatic rings. The zero-order valence-corrected chi connectivity index (χ0v) is 15.5. The minimum atomic E-state index is -1.23. The van der Waals surface area contributed by atoms with E-state index in [4.69, 9.17) is 4.74 Å². The fourth-order valence-electron chi connectivity index (χ4n) is 4.59. The highest BCUT2D eigenvalue weighted by atomic mass is 28.3. The first-order chi connectivity index (χ1) is 8.66. The zero-order valence-electron chi connectivity index (χ0n) is 13.3. The normalized spacial score (nSPS) is 25.2. The summed E-state index contributed by atoms with van der Waals surface area (Å²) in [5.41, 5.74) is 0. The maximum atomic E-state index is 6.67. The third kappa shape index (κ3) is 2.75. The first-order valence-corrected chi connectivity index (χ1v) is 13.1. The minimum absolute atomic E-state index is 0.438. The monoisotopic (exact) mass is 284 g/mol. The van der Waals surface area contributed by atoms with E-state index in [-0.39, 0.29) is 0 Å². The van der Waals surface area contributed by atoms with Crippen LogP contribution in [-0.4, -0.2) is 32.9 Å². The van der Waals surface area contributed by atoms with Crippen molar-refractivity contribution in [3.63, 3.8) is 0 Å². The second kappa shape index (κ2) is 7.48. The summed E-state index contributed by atoms with van der Waals surface area (Å²) in [5, 5.41) is 2.87. The Bertz CT molecular complexity index is 222. The Hall–Kier alpha value is 0.709. The molecule has 0 aromatic heterocycles. The van der Waals surface area contributed by atoms with E-state index in [1.165, 1.54) is 48.0 Å². The largest absolute Gasteiger partial charge is 0.393 e. The van der Waals surface area contributed by atoms with Crippen molar-refractivity contribution < 1.29 is 4.74 Å². The van der Waals surface area contributed by atoms with Gasteiger partial charge in [-0.1, -0.05) is 63.3 Å². The lowest BCUT2D eigenvalue weighted by Crippen LogP contribution is -2.68. The van der Waals surface area contributed by atoms with Crippen LogP contribution in [0.2, 0.25) is 28.7 Å². The summed E-state index contributed by atoms with van der Waals surface area (Å²) >= 11 is -0.748. The van der Waals surface area contributed by atoms with Crippen molar-refractivity contribution in [1.82, 2.24) is 0 Å². The summed E-state index contributed by atoms with van der Waals surface area (Å²) in [7, 11) is -1.23. The quantitative estimate of drug-likeness (QED) is 0.595. The van der Waals surface area contributed by atoms with Crippen molar-refractivity contribution >= 4 is 22.2 Å². The highest BCUT2D eigenvalue weighted by Crippen LogP contribution is 2.44. The summed E-state index contributed by atoms with van der Waals surface area (Å²) in [6.07, 6.45) is 4.14. The first-order valence-electron chi connectivity index (χ1n) is 8.30. The summed E-state index contributed by atoms with van der Waals surface area (Å²) in [5.74, 6) is 0. The molecule has 0 aromatic carbocycles. The van der Waals surface area contributed by atoms with Gasteiger partial charge in [-0.15, -0.1) is 0 Å². The molecular formula is C15H33AlOSi. The third-order valence-corrected chi connectivity index (χ3v) is 18.9. The van der Waals surface area contributed by atoms with Gasteiger partial charge in [0.1, 0.15) is 0 Å². The molecule has 1 aliphatic heterocycles. The van der Waals surface area contributed by atoms with Crippen molar-refractivity contribution in [3.8, 4) is 0 Å². The van der Waals surface area contributed by atoms with Crippen LogP contribution in [0.1, 0.15) is 53.9 Å². The summed E-state index contributed by atoms with van der Waals surface area (Å²) in [4.78, 5) is 0. The maximum absolute atomic E-state index is 6.67. The standard InChI is InChI=1S/C11H23OSi.2C2H5.Al/c1-4-13(5-2,6-3)11-9-7-8-10-12-11;2*1-2;/h4-10H2,1-3H3;2*1H2,2H3;. The molecule has 0 aliphatic carbocycles. The molecule has 1 saturated heterocycles. The summed E-state index contributed by atoms with van der Waals surface area (Å²) in [6.45, 7) is 13.3. The number of rotatable bonds is 7. The lowest BCUT2D eigenvalue weighted by atomic mass is 10.2. The van der Waals surface area contributed by atoms with Crippen molar-refractivity contribution in [2.45, 2.75) is 86.7 Å². The molecule has 0 N–H and O–H groups in total. The Labute approximate surface area is 120 Å². The van der Waals surface area contributed by atoms with Gasteiger partial charge in [0.2, 0.25) is 0 Å². The van der Waals surface area contributed by atoms with Gasteiger partial charge in [0, 0.05) is 10.7 Å². The Kier molecular flexibility index (Phi) is 6.97. The number of hydrogen-bond donors (Lipinski definition) is 0. The second-order valence-electron chi connectivity index (χ2n) is 6.05. The van der Waals surface area contributed by atoms with Crippen molar-refractivity contribution in [1.29, 1.82) is 0 Å². The predicted octanol–water partition coefficient (Wildman–Crippen LogP) is 5.05. The molecule has 18 heavy (non-hydrogen) atoms. The molecule has 1 aliphatic rings. The lowest BCUT2D eigenvalue weighted by Gasteiger charge is -2.54. The molecule has 1 atom stereocenters. The molecule has 1 unspecified atom stereocenters. The lowest BCUT2D eigenvalue weighted by molar-refractivity contribution is 0.0230.